The molecule has 2 aromatic heterocycles. The van der Waals surface area contributed by atoms with E-state index in [-0.39, 0.29) is 23.1 Å². The van der Waals surface area contributed by atoms with Crippen molar-refractivity contribution in [2.24, 2.45) is 5.92 Å². The van der Waals surface area contributed by atoms with E-state index in [2.05, 4.69) is 16.3 Å². The van der Waals surface area contributed by atoms with Gasteiger partial charge in [-0.3, -0.25) is 9.59 Å². The summed E-state index contributed by atoms with van der Waals surface area (Å²) in [6.45, 7) is 2.26. The van der Waals surface area contributed by atoms with Crippen molar-refractivity contribution >= 4 is 17.3 Å². The molecule has 0 saturated carbocycles. The van der Waals surface area contributed by atoms with Gasteiger partial charge in [-0.05, 0) is 48.7 Å². The van der Waals surface area contributed by atoms with Gasteiger partial charge in [0.05, 0.1) is 17.5 Å². The number of carbonyl (C=O) groups excluding carboxylic acids is 1. The Balaban J connectivity index is 1.40. The topological polar surface area (TPSA) is 91.3 Å². The summed E-state index contributed by atoms with van der Waals surface area (Å²) in [7, 11) is 0. The second-order valence-corrected chi connectivity index (χ2v) is 7.88. The number of aromatic nitrogens is 1. The number of amides is 1. The van der Waals surface area contributed by atoms with E-state index in [1.807, 2.05) is 22.8 Å². The largest absolute Gasteiger partial charge is 0.459 e. The maximum Gasteiger partial charge on any atom is 0.291 e. The number of hydrogen-bond acceptors (Lipinski definition) is 5. The van der Waals surface area contributed by atoms with E-state index in [4.69, 9.17) is 4.42 Å². The molecule has 7 nitrogen and oxygen atoms in total. The highest BCUT2D eigenvalue weighted by atomic mass is 16.3. The summed E-state index contributed by atoms with van der Waals surface area (Å²) in [6.07, 6.45) is 2.50. The van der Waals surface area contributed by atoms with Crippen molar-refractivity contribution in [1.82, 2.24) is 4.57 Å². The number of carbonyl (C=O) groups is 1. The van der Waals surface area contributed by atoms with Crippen LogP contribution in [0.4, 0.5) is 11.4 Å². The highest BCUT2D eigenvalue weighted by molar-refractivity contribution is 6.02. The number of rotatable bonds is 3. The van der Waals surface area contributed by atoms with Gasteiger partial charge in [-0.2, -0.15) is 5.26 Å². The van der Waals surface area contributed by atoms with Crippen LogP contribution < -0.4 is 15.8 Å². The zero-order valence-electron chi connectivity index (χ0n) is 16.2. The molecule has 5 rings (SSSR count). The molecule has 1 amide bonds. The fourth-order valence-electron chi connectivity index (χ4n) is 4.67. The molecular formula is C23H20N4O3. The van der Waals surface area contributed by atoms with Gasteiger partial charge in [0, 0.05) is 43.0 Å². The minimum absolute atomic E-state index is 0.0602. The van der Waals surface area contributed by atoms with E-state index in [1.165, 1.54) is 6.26 Å². The molecule has 0 spiro atoms. The Morgan fingerprint density at radius 1 is 1.13 bits per heavy atom. The van der Waals surface area contributed by atoms with Crippen LogP contribution in [0.2, 0.25) is 0 Å². The summed E-state index contributed by atoms with van der Waals surface area (Å²) in [4.78, 5) is 26.7. The fourth-order valence-corrected chi connectivity index (χ4v) is 4.67. The van der Waals surface area contributed by atoms with E-state index < -0.39 is 0 Å². The van der Waals surface area contributed by atoms with Gasteiger partial charge in [0.15, 0.2) is 5.76 Å². The number of anilines is 2. The maximum atomic E-state index is 12.2. The summed E-state index contributed by atoms with van der Waals surface area (Å²) in [5.41, 5.74) is 3.05. The van der Waals surface area contributed by atoms with Gasteiger partial charge in [-0.1, -0.05) is 6.07 Å². The first-order valence-electron chi connectivity index (χ1n) is 9.96. The molecule has 150 valence electrons. The van der Waals surface area contributed by atoms with Crippen molar-refractivity contribution in [1.29, 1.82) is 5.26 Å². The normalized spacial score (nSPS) is 19.6. The van der Waals surface area contributed by atoms with Crippen LogP contribution in [0.5, 0.6) is 0 Å². The first-order valence-corrected chi connectivity index (χ1v) is 9.96. The van der Waals surface area contributed by atoms with Crippen LogP contribution in [0.1, 0.15) is 34.2 Å². The zero-order chi connectivity index (χ0) is 20.7. The lowest BCUT2D eigenvalue weighted by molar-refractivity contribution is 0.0996. The van der Waals surface area contributed by atoms with E-state index in [0.29, 0.717) is 23.7 Å². The smallest absolute Gasteiger partial charge is 0.291 e. The van der Waals surface area contributed by atoms with Gasteiger partial charge in [-0.15, -0.1) is 0 Å². The standard InChI is InChI=1S/C23H20N4O3/c24-11-16-10-18(25-23(29)21-4-2-8-30-21)6-7-19(16)26-12-15-9-17(14-26)20-3-1-5-22(28)27(20)13-15/h1-8,10,15,17H,9,12-14H2,(H,25,29)/t15-,17+/m1/s1. The molecule has 2 aliphatic rings. The number of nitrogens with zero attached hydrogens (tertiary/aromatic N) is 3. The number of piperidine rings is 1. The Hall–Kier alpha value is -3.79. The third-order valence-electron chi connectivity index (χ3n) is 5.94. The van der Waals surface area contributed by atoms with E-state index in [9.17, 15) is 14.9 Å². The van der Waals surface area contributed by atoms with Crippen molar-refractivity contribution in [3.8, 4) is 6.07 Å². The van der Waals surface area contributed by atoms with Gasteiger partial charge in [0.25, 0.3) is 11.5 Å². The van der Waals surface area contributed by atoms with Gasteiger partial charge >= 0.3 is 0 Å². The van der Waals surface area contributed by atoms with Crippen LogP contribution in [0.15, 0.2) is 64.0 Å². The summed E-state index contributed by atoms with van der Waals surface area (Å²) < 4.78 is 7.01. The number of nitrogens with one attached hydrogen (secondary N) is 1. The first kappa shape index (κ1) is 18.3. The van der Waals surface area contributed by atoms with Crippen LogP contribution in [-0.4, -0.2) is 23.6 Å². The highest BCUT2D eigenvalue weighted by Gasteiger charge is 2.35. The molecule has 1 aromatic carbocycles. The van der Waals surface area contributed by atoms with Crippen molar-refractivity contribution in [2.75, 3.05) is 23.3 Å². The molecule has 1 saturated heterocycles. The first-order chi connectivity index (χ1) is 14.6. The second kappa shape index (κ2) is 7.23. The molecule has 2 bridgehead atoms. The lowest BCUT2D eigenvalue weighted by Crippen LogP contribution is -2.47. The molecule has 1 N–H and O–H groups in total. The fraction of sp³-hybridized carbons (Fsp3) is 0.261. The molecule has 3 aromatic rings. The predicted molar refractivity (Wildman–Crippen MR) is 112 cm³/mol. The lowest BCUT2D eigenvalue weighted by Gasteiger charge is -2.44. The molecule has 1 fully saturated rings. The lowest BCUT2D eigenvalue weighted by atomic mass is 9.82. The number of furan rings is 1. The average Bonchev–Trinajstić information content (AvgIpc) is 3.29. The summed E-state index contributed by atoms with van der Waals surface area (Å²) in [5, 5.41) is 12.5. The number of fused-ring (bicyclic) bond motifs is 4. The van der Waals surface area contributed by atoms with Crippen molar-refractivity contribution in [3.05, 3.63) is 82.2 Å². The minimum atomic E-state index is -0.355. The molecule has 0 radical (unpaired) electrons. The minimum Gasteiger partial charge on any atom is -0.459 e. The van der Waals surface area contributed by atoms with Crippen LogP contribution in [0, 0.1) is 17.2 Å². The molecule has 30 heavy (non-hydrogen) atoms. The number of benzene rings is 1. The van der Waals surface area contributed by atoms with Crippen LogP contribution in [0.25, 0.3) is 0 Å². The highest BCUT2D eigenvalue weighted by Crippen LogP contribution is 2.38. The molecule has 0 aliphatic carbocycles. The quantitative estimate of drug-likeness (QED) is 0.729. The van der Waals surface area contributed by atoms with Crippen LogP contribution >= 0.6 is 0 Å². The maximum absolute atomic E-state index is 12.2. The zero-order valence-corrected chi connectivity index (χ0v) is 16.2. The SMILES string of the molecule is N#Cc1cc(NC(=O)c2ccco2)ccc1N1C[C@H]2C[C@@H](C1)c1cccc(=O)n1C2. The monoisotopic (exact) mass is 400 g/mol. The van der Waals surface area contributed by atoms with Gasteiger partial charge in [-0.25, -0.2) is 0 Å². The Morgan fingerprint density at radius 3 is 2.83 bits per heavy atom. The van der Waals surface area contributed by atoms with Crippen molar-refractivity contribution in [2.45, 2.75) is 18.9 Å². The molecule has 0 unspecified atom stereocenters. The second-order valence-electron chi connectivity index (χ2n) is 7.88. The third-order valence-corrected chi connectivity index (χ3v) is 5.94. The molecular weight excluding hydrogens is 380 g/mol. The Kier molecular flexibility index (Phi) is 4.40. The van der Waals surface area contributed by atoms with Crippen LogP contribution in [0.3, 0.4) is 0 Å². The molecule has 4 heterocycles. The van der Waals surface area contributed by atoms with E-state index >= 15 is 0 Å². The molecule has 2 atom stereocenters. The Morgan fingerprint density at radius 2 is 2.03 bits per heavy atom. The number of pyridine rings is 1. The summed E-state index contributed by atoms with van der Waals surface area (Å²) in [5.74, 6) is 0.485. The molecule has 2 aliphatic heterocycles. The number of hydrogen-bond donors (Lipinski definition) is 1. The van der Waals surface area contributed by atoms with Crippen molar-refractivity contribution < 1.29 is 9.21 Å². The third kappa shape index (κ3) is 3.16. The van der Waals surface area contributed by atoms with Gasteiger partial charge in [0.1, 0.15) is 6.07 Å². The average molecular weight is 400 g/mol. The Bertz CT molecular complexity index is 1210. The summed E-state index contributed by atoms with van der Waals surface area (Å²) in [6, 6.07) is 16.4. The Labute approximate surface area is 173 Å². The van der Waals surface area contributed by atoms with E-state index in [0.717, 1.165) is 30.9 Å². The van der Waals surface area contributed by atoms with Gasteiger partial charge < -0.3 is 19.2 Å². The molecule has 7 heteroatoms. The number of nitriles is 1. The van der Waals surface area contributed by atoms with Gasteiger partial charge in [0.2, 0.25) is 0 Å². The predicted octanol–water partition coefficient (Wildman–Crippen LogP) is 3.19. The van der Waals surface area contributed by atoms with Crippen molar-refractivity contribution in [3.63, 3.8) is 0 Å². The van der Waals surface area contributed by atoms with Crippen LogP contribution in [-0.2, 0) is 6.54 Å². The summed E-state index contributed by atoms with van der Waals surface area (Å²) >= 11 is 0. The van der Waals surface area contributed by atoms with E-state index in [1.54, 1.807) is 30.3 Å².